The summed E-state index contributed by atoms with van der Waals surface area (Å²) < 4.78 is 10.4. The molecule has 10 nitrogen and oxygen atoms in total. The van der Waals surface area contributed by atoms with Crippen LogP contribution in [0.1, 0.15) is 43.5 Å². The van der Waals surface area contributed by atoms with Crippen molar-refractivity contribution in [2.75, 3.05) is 13.1 Å². The maximum Gasteiger partial charge on any atom is 0.407 e. The molecule has 2 aromatic heterocycles. The smallest absolute Gasteiger partial charge is 0.407 e. The van der Waals surface area contributed by atoms with Crippen LogP contribution in [0.5, 0.6) is 11.5 Å². The summed E-state index contributed by atoms with van der Waals surface area (Å²) in [5, 5.41) is 27.7. The number of hydrogen-bond acceptors (Lipinski definition) is 8. The van der Waals surface area contributed by atoms with Crippen LogP contribution in [-0.2, 0) is 22.7 Å². The Labute approximate surface area is 267 Å². The zero-order valence-electron chi connectivity index (χ0n) is 22.8. The maximum atomic E-state index is 12.0. The number of phenolic OH excluding ortho intramolecular Hbond substituents is 2. The van der Waals surface area contributed by atoms with Crippen molar-refractivity contribution in [2.45, 2.75) is 45.3 Å². The fourth-order valence-electron chi connectivity index (χ4n) is 4.19. The number of fused-ring (bicyclic) bond motifs is 2. The van der Waals surface area contributed by atoms with Crippen molar-refractivity contribution >= 4 is 80.4 Å². The van der Waals surface area contributed by atoms with Crippen molar-refractivity contribution in [1.29, 1.82) is 0 Å². The zero-order valence-corrected chi connectivity index (χ0v) is 25.8. The lowest BCUT2D eigenvalue weighted by molar-refractivity contribution is 0.137. The molecule has 0 saturated carbocycles. The summed E-state index contributed by atoms with van der Waals surface area (Å²) in [4.78, 5) is 32.6. The SMILES string of the molecule is O=C(NCCCCCCCNC(=O)OCc1ccc2c(Cl)cc(Cl)c(O)c2n1)OCc1ccc2c(Cl)cc(Cl)c(O)c2n1. The van der Waals surface area contributed by atoms with E-state index in [1.165, 1.54) is 12.1 Å². The number of amides is 2. The van der Waals surface area contributed by atoms with Gasteiger partial charge in [-0.1, -0.05) is 65.7 Å². The molecule has 43 heavy (non-hydrogen) atoms. The lowest BCUT2D eigenvalue weighted by atomic mass is 10.1. The van der Waals surface area contributed by atoms with E-state index in [9.17, 15) is 19.8 Å². The van der Waals surface area contributed by atoms with Crippen molar-refractivity contribution in [1.82, 2.24) is 20.6 Å². The van der Waals surface area contributed by atoms with E-state index >= 15 is 0 Å². The summed E-state index contributed by atoms with van der Waals surface area (Å²) in [5.74, 6) is -0.365. The minimum atomic E-state index is -0.568. The van der Waals surface area contributed by atoms with E-state index in [1.54, 1.807) is 24.3 Å². The van der Waals surface area contributed by atoms with Gasteiger partial charge in [0.15, 0.2) is 11.5 Å². The van der Waals surface area contributed by atoms with Crippen molar-refractivity contribution in [3.8, 4) is 11.5 Å². The number of unbranched alkanes of at least 4 members (excludes halogenated alkanes) is 4. The van der Waals surface area contributed by atoms with Gasteiger partial charge in [-0.25, -0.2) is 19.6 Å². The molecule has 0 radical (unpaired) electrons. The van der Waals surface area contributed by atoms with Crippen LogP contribution in [0.15, 0.2) is 36.4 Å². The van der Waals surface area contributed by atoms with Crippen LogP contribution in [0.3, 0.4) is 0 Å². The molecule has 0 unspecified atom stereocenters. The number of benzene rings is 2. The topological polar surface area (TPSA) is 143 Å². The van der Waals surface area contributed by atoms with E-state index in [0.717, 1.165) is 32.1 Å². The highest BCUT2D eigenvalue weighted by atomic mass is 35.5. The second kappa shape index (κ2) is 15.3. The molecule has 14 heteroatoms. The van der Waals surface area contributed by atoms with E-state index in [4.69, 9.17) is 55.9 Å². The minimum absolute atomic E-state index is 0.0765. The molecule has 0 aliphatic carbocycles. The second-order valence-electron chi connectivity index (χ2n) is 9.55. The van der Waals surface area contributed by atoms with Crippen LogP contribution in [0.2, 0.25) is 20.1 Å². The number of carbonyl (C=O) groups is 2. The molecule has 2 heterocycles. The fraction of sp³-hybridized carbons (Fsp3) is 0.310. The van der Waals surface area contributed by atoms with Gasteiger partial charge in [0.25, 0.3) is 0 Å². The van der Waals surface area contributed by atoms with E-state index in [2.05, 4.69) is 20.6 Å². The largest absolute Gasteiger partial charge is 0.504 e. The zero-order chi connectivity index (χ0) is 30.9. The molecule has 2 aromatic carbocycles. The number of aromatic nitrogens is 2. The third kappa shape index (κ3) is 8.79. The van der Waals surface area contributed by atoms with Crippen LogP contribution < -0.4 is 10.6 Å². The molecule has 0 fully saturated rings. The average Bonchev–Trinajstić information content (AvgIpc) is 2.99. The summed E-state index contributed by atoms with van der Waals surface area (Å²) in [6.07, 6.45) is 3.13. The first-order valence-electron chi connectivity index (χ1n) is 13.4. The summed E-state index contributed by atoms with van der Waals surface area (Å²) in [6.45, 7) is 0.763. The van der Waals surface area contributed by atoms with E-state index in [0.29, 0.717) is 45.3 Å². The normalized spacial score (nSPS) is 11.1. The Morgan fingerprint density at radius 3 is 1.44 bits per heavy atom. The van der Waals surface area contributed by atoms with E-state index < -0.39 is 12.2 Å². The molecular weight excluding hydrogens is 642 g/mol. The van der Waals surface area contributed by atoms with Gasteiger partial charge in [0, 0.05) is 23.9 Å². The van der Waals surface area contributed by atoms with E-state index in [1.807, 2.05) is 0 Å². The molecule has 4 rings (SSSR count). The lowest BCUT2D eigenvalue weighted by Crippen LogP contribution is -2.25. The number of alkyl carbamates (subject to hydrolysis) is 2. The first-order valence-corrected chi connectivity index (χ1v) is 14.9. The number of nitrogens with zero attached hydrogens (tertiary/aromatic N) is 2. The quantitative estimate of drug-likeness (QED) is 0.111. The summed E-state index contributed by atoms with van der Waals surface area (Å²) in [7, 11) is 0. The van der Waals surface area contributed by atoms with Crippen molar-refractivity contribution in [2.24, 2.45) is 0 Å². The number of carbonyl (C=O) groups excluding carboxylic acids is 2. The van der Waals surface area contributed by atoms with Gasteiger partial charge in [0.05, 0.1) is 31.5 Å². The highest BCUT2D eigenvalue weighted by Gasteiger charge is 2.14. The van der Waals surface area contributed by atoms with Crippen LogP contribution in [-0.4, -0.2) is 45.5 Å². The first kappa shape index (κ1) is 32.5. The molecule has 228 valence electrons. The van der Waals surface area contributed by atoms with E-state index in [-0.39, 0.29) is 45.8 Å². The summed E-state index contributed by atoms with van der Waals surface area (Å²) >= 11 is 24.2. The van der Waals surface area contributed by atoms with Gasteiger partial charge in [0.1, 0.15) is 24.2 Å². The van der Waals surface area contributed by atoms with Crippen LogP contribution in [0, 0.1) is 0 Å². The molecular formula is C29H28Cl4N4O6. The predicted molar refractivity (Wildman–Crippen MR) is 166 cm³/mol. The number of pyridine rings is 2. The van der Waals surface area contributed by atoms with Gasteiger partial charge in [0.2, 0.25) is 0 Å². The van der Waals surface area contributed by atoms with Crippen molar-refractivity contribution in [3.63, 3.8) is 0 Å². The van der Waals surface area contributed by atoms with Crippen LogP contribution in [0.4, 0.5) is 9.59 Å². The predicted octanol–water partition coefficient (Wildman–Crippen LogP) is 7.91. The molecule has 0 aliphatic rings. The standard InChI is InChI=1S/C29H28Cl4N4O6/c30-20-12-22(32)26(38)24-18(20)8-6-16(36-24)14-42-28(40)34-10-4-2-1-3-5-11-35-29(41)43-15-17-7-9-19-21(31)13-23(33)27(39)25(19)37-17/h6-9,12-13,38-39H,1-5,10-11,14-15H2,(H,34,40)(H,35,41). The maximum absolute atomic E-state index is 12.0. The van der Waals surface area contributed by atoms with Crippen LogP contribution >= 0.6 is 46.4 Å². The van der Waals surface area contributed by atoms with Crippen molar-refractivity contribution < 1.29 is 29.3 Å². The Morgan fingerprint density at radius 1 is 0.628 bits per heavy atom. The molecule has 0 atom stereocenters. The van der Waals surface area contributed by atoms with Gasteiger partial charge in [-0.15, -0.1) is 0 Å². The molecule has 0 aliphatic heterocycles. The average molecular weight is 670 g/mol. The molecule has 0 bridgehead atoms. The molecule has 4 aromatic rings. The Morgan fingerprint density at radius 2 is 1.02 bits per heavy atom. The van der Waals surface area contributed by atoms with Gasteiger partial charge >= 0.3 is 12.2 Å². The van der Waals surface area contributed by atoms with Gasteiger partial charge in [-0.05, 0) is 49.2 Å². The second-order valence-corrected chi connectivity index (χ2v) is 11.2. The fourth-order valence-corrected chi connectivity index (χ4v) is 5.22. The molecule has 0 saturated heterocycles. The van der Waals surface area contributed by atoms with Crippen LogP contribution in [0.25, 0.3) is 21.8 Å². The monoisotopic (exact) mass is 668 g/mol. The van der Waals surface area contributed by atoms with Gasteiger partial charge < -0.3 is 30.3 Å². The molecule has 0 spiro atoms. The Hall–Kier alpha value is -3.44. The highest BCUT2D eigenvalue weighted by Crippen LogP contribution is 2.37. The highest BCUT2D eigenvalue weighted by molar-refractivity contribution is 6.40. The van der Waals surface area contributed by atoms with Gasteiger partial charge in [-0.3, -0.25) is 0 Å². The number of nitrogens with one attached hydrogen (secondary N) is 2. The number of halogens is 4. The molecule has 4 N–H and O–H groups in total. The summed E-state index contributed by atoms with van der Waals surface area (Å²) in [5.41, 5.74) is 1.36. The number of hydrogen-bond donors (Lipinski definition) is 4. The number of ether oxygens (including phenoxy) is 2. The number of aromatic hydroxyl groups is 2. The summed E-state index contributed by atoms with van der Waals surface area (Å²) in [6, 6.07) is 9.56. The minimum Gasteiger partial charge on any atom is -0.504 e. The third-order valence-electron chi connectivity index (χ3n) is 6.42. The number of phenols is 2. The Bertz CT molecular complexity index is 1520. The number of rotatable bonds is 12. The molecule has 2 amide bonds. The first-order chi connectivity index (χ1) is 20.6. The van der Waals surface area contributed by atoms with Crippen molar-refractivity contribution in [3.05, 3.63) is 67.9 Å². The third-order valence-corrected chi connectivity index (χ3v) is 7.62. The Balaban J connectivity index is 1.04. The lowest BCUT2D eigenvalue weighted by Gasteiger charge is -2.09. The van der Waals surface area contributed by atoms with Gasteiger partial charge in [-0.2, -0.15) is 0 Å². The Kier molecular flexibility index (Phi) is 11.6.